The molecule has 6 rings (SSSR count). The number of carbonyl (C=O) groups is 1. The van der Waals surface area contributed by atoms with Gasteiger partial charge in [0, 0.05) is 50.6 Å². The second kappa shape index (κ2) is 9.45. The summed E-state index contributed by atoms with van der Waals surface area (Å²) in [7, 11) is 1.61. The zero-order valence-electron chi connectivity index (χ0n) is 20.5. The molecule has 0 radical (unpaired) electrons. The zero-order valence-corrected chi connectivity index (χ0v) is 20.5. The summed E-state index contributed by atoms with van der Waals surface area (Å²) in [6, 6.07) is 12.8. The Hall–Kier alpha value is -2.61. The van der Waals surface area contributed by atoms with Crippen molar-refractivity contribution < 1.29 is 23.7 Å². The molecule has 1 spiro atoms. The van der Waals surface area contributed by atoms with E-state index < -0.39 is 5.79 Å². The summed E-state index contributed by atoms with van der Waals surface area (Å²) in [5.41, 5.74) is 3.69. The number of morpholine rings is 1. The molecule has 7 heteroatoms. The largest absolute Gasteiger partial charge is 0.496 e. The van der Waals surface area contributed by atoms with Crippen molar-refractivity contribution in [1.82, 2.24) is 9.80 Å². The number of hydrogen-bond acceptors (Lipinski definition) is 6. The smallest absolute Gasteiger partial charge is 0.257 e. The van der Waals surface area contributed by atoms with Crippen LogP contribution in [0.15, 0.2) is 36.4 Å². The molecule has 2 aromatic rings. The number of hydrogen-bond donors (Lipinski definition) is 0. The predicted molar refractivity (Wildman–Crippen MR) is 132 cm³/mol. The van der Waals surface area contributed by atoms with Gasteiger partial charge < -0.3 is 23.8 Å². The number of benzene rings is 2. The Bertz CT molecular complexity index is 1080. The Labute approximate surface area is 206 Å². The molecule has 186 valence electrons. The van der Waals surface area contributed by atoms with Crippen LogP contribution in [-0.2, 0) is 16.1 Å². The molecule has 3 heterocycles. The van der Waals surface area contributed by atoms with Crippen LogP contribution in [0.25, 0.3) is 11.1 Å². The summed E-state index contributed by atoms with van der Waals surface area (Å²) in [6.45, 7) is 5.01. The van der Waals surface area contributed by atoms with Gasteiger partial charge in [0.25, 0.3) is 5.91 Å². The Morgan fingerprint density at radius 1 is 1.00 bits per heavy atom. The molecule has 0 bridgehead atoms. The minimum absolute atomic E-state index is 0.0161. The van der Waals surface area contributed by atoms with Gasteiger partial charge in [0.2, 0.25) is 5.79 Å². The Balaban J connectivity index is 1.17. The van der Waals surface area contributed by atoms with E-state index in [1.54, 1.807) is 7.11 Å². The van der Waals surface area contributed by atoms with Crippen molar-refractivity contribution in [3.8, 4) is 22.6 Å². The summed E-state index contributed by atoms with van der Waals surface area (Å²) in [6.07, 6.45) is 5.88. The Kier molecular flexibility index (Phi) is 6.16. The molecule has 0 aromatic heterocycles. The second-order valence-corrected chi connectivity index (χ2v) is 10.1. The number of carbonyl (C=O) groups excluding carboxylic acids is 1. The van der Waals surface area contributed by atoms with Crippen LogP contribution in [0, 0.1) is 0 Å². The molecular formula is C28H34N2O5. The highest BCUT2D eigenvalue weighted by molar-refractivity contribution is 5.97. The van der Waals surface area contributed by atoms with E-state index in [1.165, 1.54) is 19.3 Å². The lowest BCUT2D eigenvalue weighted by molar-refractivity contribution is -0.231. The lowest BCUT2D eigenvalue weighted by Gasteiger charge is -2.47. The first-order valence-corrected chi connectivity index (χ1v) is 12.9. The Morgan fingerprint density at radius 2 is 1.74 bits per heavy atom. The van der Waals surface area contributed by atoms with Crippen molar-refractivity contribution in [2.45, 2.75) is 50.5 Å². The quantitative estimate of drug-likeness (QED) is 0.660. The van der Waals surface area contributed by atoms with Gasteiger partial charge in [0.15, 0.2) is 0 Å². The number of rotatable bonds is 4. The standard InChI is InChI=1S/C28H34N2O5/c1-32-26-18-21(5-7-24(26)27(31)30-13-15-33-16-14-30)20-6-8-25-22(17-20)19-34-28(35-25)9-11-29(12-10-28)23-3-2-4-23/h5-8,17-18,23H,2-4,9-16,19H2,1H3. The molecule has 35 heavy (non-hydrogen) atoms. The molecule has 1 aliphatic carbocycles. The first-order valence-electron chi connectivity index (χ1n) is 12.9. The third kappa shape index (κ3) is 4.41. The molecule has 0 atom stereocenters. The van der Waals surface area contributed by atoms with Crippen LogP contribution in [-0.4, -0.2) is 74.0 Å². The van der Waals surface area contributed by atoms with Crippen molar-refractivity contribution in [3.05, 3.63) is 47.5 Å². The van der Waals surface area contributed by atoms with Gasteiger partial charge in [-0.2, -0.15) is 0 Å². The summed E-state index contributed by atoms with van der Waals surface area (Å²) < 4.78 is 23.8. The van der Waals surface area contributed by atoms with Crippen LogP contribution < -0.4 is 9.47 Å². The van der Waals surface area contributed by atoms with Gasteiger partial charge in [-0.25, -0.2) is 0 Å². The van der Waals surface area contributed by atoms with E-state index in [9.17, 15) is 4.79 Å². The minimum Gasteiger partial charge on any atom is -0.496 e. The maximum atomic E-state index is 13.0. The average molecular weight is 479 g/mol. The highest BCUT2D eigenvalue weighted by Gasteiger charge is 2.42. The molecule has 0 N–H and O–H groups in total. The highest BCUT2D eigenvalue weighted by atomic mass is 16.7. The van der Waals surface area contributed by atoms with Crippen molar-refractivity contribution in [1.29, 1.82) is 0 Å². The molecule has 7 nitrogen and oxygen atoms in total. The molecule has 4 aliphatic rings. The summed E-state index contributed by atoms with van der Waals surface area (Å²) in [5.74, 6) is 1.00. The molecule has 3 aliphatic heterocycles. The molecule has 0 unspecified atom stereocenters. The second-order valence-electron chi connectivity index (χ2n) is 10.1. The van der Waals surface area contributed by atoms with Gasteiger partial charge in [-0.1, -0.05) is 18.6 Å². The van der Waals surface area contributed by atoms with Crippen LogP contribution in [0.2, 0.25) is 0 Å². The number of amides is 1. The van der Waals surface area contributed by atoms with Crippen LogP contribution in [0.1, 0.15) is 48.0 Å². The zero-order chi connectivity index (χ0) is 23.8. The van der Waals surface area contributed by atoms with Crippen molar-refractivity contribution in [2.75, 3.05) is 46.5 Å². The number of fused-ring (bicyclic) bond motifs is 1. The van der Waals surface area contributed by atoms with Gasteiger partial charge in [-0.15, -0.1) is 0 Å². The van der Waals surface area contributed by atoms with Gasteiger partial charge in [0.05, 0.1) is 32.5 Å². The lowest BCUT2D eigenvalue weighted by Crippen LogP contribution is -2.54. The van der Waals surface area contributed by atoms with Crippen LogP contribution in [0.3, 0.4) is 0 Å². The fourth-order valence-electron chi connectivity index (χ4n) is 5.62. The number of methoxy groups -OCH3 is 1. The normalized spacial score (nSPS) is 22.3. The summed E-state index contributed by atoms with van der Waals surface area (Å²) in [5, 5.41) is 0. The maximum absolute atomic E-state index is 13.0. The molecule has 3 fully saturated rings. The van der Waals surface area contributed by atoms with Crippen molar-refractivity contribution in [3.63, 3.8) is 0 Å². The van der Waals surface area contributed by atoms with Crippen molar-refractivity contribution >= 4 is 5.91 Å². The highest BCUT2D eigenvalue weighted by Crippen LogP contribution is 2.41. The molecule has 2 aromatic carbocycles. The summed E-state index contributed by atoms with van der Waals surface area (Å²) in [4.78, 5) is 17.4. The lowest BCUT2D eigenvalue weighted by atomic mass is 9.89. The van der Waals surface area contributed by atoms with Gasteiger partial charge in [-0.3, -0.25) is 9.69 Å². The molecule has 2 saturated heterocycles. The molecule has 1 saturated carbocycles. The van der Waals surface area contributed by atoms with Gasteiger partial charge in [0.1, 0.15) is 11.5 Å². The fourth-order valence-corrected chi connectivity index (χ4v) is 5.62. The molecule has 1 amide bonds. The van der Waals surface area contributed by atoms with E-state index in [4.69, 9.17) is 18.9 Å². The van der Waals surface area contributed by atoms with E-state index in [0.29, 0.717) is 44.2 Å². The number of ether oxygens (including phenoxy) is 4. The molecular weight excluding hydrogens is 444 g/mol. The summed E-state index contributed by atoms with van der Waals surface area (Å²) >= 11 is 0. The first kappa shape index (κ1) is 22.8. The van der Waals surface area contributed by atoms with E-state index in [0.717, 1.165) is 54.4 Å². The third-order valence-electron chi connectivity index (χ3n) is 8.06. The van der Waals surface area contributed by atoms with E-state index in [-0.39, 0.29) is 5.91 Å². The third-order valence-corrected chi connectivity index (χ3v) is 8.06. The van der Waals surface area contributed by atoms with E-state index in [2.05, 4.69) is 23.1 Å². The monoisotopic (exact) mass is 478 g/mol. The number of piperidine rings is 1. The van der Waals surface area contributed by atoms with Crippen LogP contribution in [0.4, 0.5) is 0 Å². The Morgan fingerprint density at radius 3 is 2.46 bits per heavy atom. The van der Waals surface area contributed by atoms with Crippen molar-refractivity contribution in [2.24, 2.45) is 0 Å². The van der Waals surface area contributed by atoms with Gasteiger partial charge in [-0.05, 0) is 48.2 Å². The minimum atomic E-state index is -0.487. The van der Waals surface area contributed by atoms with Crippen LogP contribution in [0.5, 0.6) is 11.5 Å². The van der Waals surface area contributed by atoms with Gasteiger partial charge >= 0.3 is 0 Å². The van der Waals surface area contributed by atoms with E-state index in [1.807, 2.05) is 23.1 Å². The fraction of sp³-hybridized carbons (Fsp3) is 0.536. The maximum Gasteiger partial charge on any atom is 0.257 e. The SMILES string of the molecule is COc1cc(-c2ccc3c(c2)COC2(CCN(C4CCC4)CC2)O3)ccc1C(=O)N1CCOCC1. The average Bonchev–Trinajstić information content (AvgIpc) is 2.88. The first-order chi connectivity index (χ1) is 17.1. The van der Waals surface area contributed by atoms with E-state index >= 15 is 0 Å². The van der Waals surface area contributed by atoms with Crippen LogP contribution >= 0.6 is 0 Å². The predicted octanol–water partition coefficient (Wildman–Crippen LogP) is 4.09. The topological polar surface area (TPSA) is 60.5 Å². The number of nitrogens with zero attached hydrogens (tertiary/aromatic N) is 2. The number of likely N-dealkylation sites (tertiary alicyclic amines) is 1.